The third-order valence-corrected chi connectivity index (χ3v) is 5.61. The smallest absolute Gasteiger partial charge is 0.338 e. The fraction of sp³-hybridized carbons (Fsp3) is 0.588. The molecular weight excluding hydrogens is 330 g/mol. The molecule has 3 saturated heterocycles. The molecule has 0 spiro atoms. The lowest BCUT2D eigenvalue weighted by atomic mass is 9.74. The number of nitrogens with zero attached hydrogens (tertiary/aromatic N) is 1. The fourth-order valence-electron chi connectivity index (χ4n) is 3.70. The lowest BCUT2D eigenvalue weighted by Crippen LogP contribution is -2.56. The predicted molar refractivity (Wildman–Crippen MR) is 86.7 cm³/mol. The minimum Gasteiger partial charge on any atom is -0.460 e. The zero-order valence-electron chi connectivity index (χ0n) is 12.4. The van der Waals surface area contributed by atoms with E-state index in [9.17, 15) is 4.79 Å². The number of benzene rings is 1. The molecule has 0 saturated carbocycles. The highest BCUT2D eigenvalue weighted by molar-refractivity contribution is 9.09. The van der Waals surface area contributed by atoms with Gasteiger partial charge in [-0.3, -0.25) is 4.90 Å². The lowest BCUT2D eigenvalue weighted by molar-refractivity contribution is -0.0290. The zero-order valence-corrected chi connectivity index (χ0v) is 14.0. The highest BCUT2D eigenvalue weighted by Crippen LogP contribution is 2.39. The van der Waals surface area contributed by atoms with Gasteiger partial charge in [-0.2, -0.15) is 0 Å². The topological polar surface area (TPSA) is 29.5 Å². The number of piperidine rings is 3. The fourth-order valence-corrected chi connectivity index (χ4v) is 4.30. The van der Waals surface area contributed by atoms with E-state index in [1.807, 2.05) is 18.2 Å². The van der Waals surface area contributed by atoms with E-state index in [1.54, 1.807) is 12.1 Å². The maximum Gasteiger partial charge on any atom is 0.338 e. The number of rotatable bonds is 4. The standard InChI is InChI=1S/C17H22BrNO2/c1-12(18)16-10-19-8-7-14(16)9-15(19)11-21-17(20)13-5-3-2-4-6-13/h2-6,12,14-16H,7-11H2,1H3/t12?,14-,15+,16+/m0/s1. The van der Waals surface area contributed by atoms with Crippen molar-refractivity contribution >= 4 is 21.9 Å². The van der Waals surface area contributed by atoms with Crippen LogP contribution in [0.5, 0.6) is 0 Å². The summed E-state index contributed by atoms with van der Waals surface area (Å²) in [4.78, 5) is 15.1. The molecule has 0 radical (unpaired) electrons. The van der Waals surface area contributed by atoms with Crippen molar-refractivity contribution < 1.29 is 9.53 Å². The molecule has 0 aliphatic carbocycles. The van der Waals surface area contributed by atoms with E-state index in [4.69, 9.17) is 4.74 Å². The molecule has 3 nitrogen and oxygen atoms in total. The number of carbonyl (C=O) groups excluding carboxylic acids is 1. The van der Waals surface area contributed by atoms with Gasteiger partial charge < -0.3 is 4.74 Å². The minimum atomic E-state index is -0.205. The summed E-state index contributed by atoms with van der Waals surface area (Å²) in [6.07, 6.45) is 2.44. The molecule has 2 unspecified atom stereocenters. The average Bonchev–Trinajstić information content (AvgIpc) is 2.53. The predicted octanol–water partition coefficient (Wildman–Crippen LogP) is 3.34. The van der Waals surface area contributed by atoms with Crippen LogP contribution in [-0.4, -0.2) is 41.4 Å². The van der Waals surface area contributed by atoms with Gasteiger partial charge in [0.15, 0.2) is 0 Å². The van der Waals surface area contributed by atoms with Crippen molar-refractivity contribution in [1.29, 1.82) is 0 Å². The molecule has 2 bridgehead atoms. The van der Waals surface area contributed by atoms with Crippen molar-refractivity contribution in [2.75, 3.05) is 19.7 Å². The van der Waals surface area contributed by atoms with E-state index < -0.39 is 0 Å². The van der Waals surface area contributed by atoms with Crippen LogP contribution in [0, 0.1) is 11.8 Å². The van der Waals surface area contributed by atoms with Gasteiger partial charge in [0.1, 0.15) is 6.61 Å². The number of esters is 1. The summed E-state index contributed by atoms with van der Waals surface area (Å²) in [6.45, 7) is 5.05. The van der Waals surface area contributed by atoms with Gasteiger partial charge in [-0.05, 0) is 43.4 Å². The summed E-state index contributed by atoms with van der Waals surface area (Å²) in [5.41, 5.74) is 0.639. The SMILES string of the molecule is CC(Br)[C@H]1CN2CC[C@H]1C[C@@H]2COC(=O)c1ccccc1. The number of alkyl halides is 1. The first kappa shape index (κ1) is 15.0. The third-order valence-electron chi connectivity index (χ3n) is 4.94. The minimum absolute atomic E-state index is 0.205. The summed E-state index contributed by atoms with van der Waals surface area (Å²) < 4.78 is 5.52. The molecule has 0 amide bonds. The van der Waals surface area contributed by atoms with Crippen LogP contribution in [0.25, 0.3) is 0 Å². The maximum atomic E-state index is 12.0. The highest BCUT2D eigenvalue weighted by Gasteiger charge is 2.41. The van der Waals surface area contributed by atoms with Gasteiger partial charge in [0.05, 0.1) is 5.56 Å². The average molecular weight is 352 g/mol. The van der Waals surface area contributed by atoms with E-state index in [1.165, 1.54) is 6.42 Å². The molecule has 3 heterocycles. The Kier molecular flexibility index (Phi) is 4.65. The van der Waals surface area contributed by atoms with Gasteiger partial charge in [-0.25, -0.2) is 4.79 Å². The first-order valence-corrected chi connectivity index (χ1v) is 8.67. The Morgan fingerprint density at radius 1 is 1.43 bits per heavy atom. The second-order valence-corrected chi connectivity index (χ2v) is 7.68. The third kappa shape index (κ3) is 3.32. The molecular formula is C17H22BrNO2. The first-order valence-electron chi connectivity index (χ1n) is 7.75. The molecule has 3 fully saturated rings. The van der Waals surface area contributed by atoms with Crippen LogP contribution in [0.15, 0.2) is 30.3 Å². The van der Waals surface area contributed by atoms with Gasteiger partial charge in [0.25, 0.3) is 0 Å². The summed E-state index contributed by atoms with van der Waals surface area (Å²) in [5.74, 6) is 1.30. The van der Waals surface area contributed by atoms with E-state index in [0.717, 1.165) is 31.3 Å². The van der Waals surface area contributed by atoms with Crippen molar-refractivity contribution in [3.8, 4) is 0 Å². The Morgan fingerprint density at radius 2 is 2.19 bits per heavy atom. The van der Waals surface area contributed by atoms with Crippen LogP contribution in [-0.2, 0) is 4.74 Å². The summed E-state index contributed by atoms with van der Waals surface area (Å²) in [6, 6.07) is 9.65. The molecule has 5 atom stereocenters. The summed E-state index contributed by atoms with van der Waals surface area (Å²) >= 11 is 3.74. The van der Waals surface area contributed by atoms with Crippen molar-refractivity contribution in [3.05, 3.63) is 35.9 Å². The zero-order chi connectivity index (χ0) is 14.8. The number of hydrogen-bond donors (Lipinski definition) is 0. The number of hydrogen-bond acceptors (Lipinski definition) is 3. The van der Waals surface area contributed by atoms with E-state index in [2.05, 4.69) is 27.8 Å². The number of halogens is 1. The van der Waals surface area contributed by atoms with Crippen molar-refractivity contribution in [2.24, 2.45) is 11.8 Å². The van der Waals surface area contributed by atoms with Crippen LogP contribution in [0.3, 0.4) is 0 Å². The Morgan fingerprint density at radius 3 is 2.81 bits per heavy atom. The molecule has 1 aromatic carbocycles. The number of ether oxygens (including phenoxy) is 1. The first-order chi connectivity index (χ1) is 10.1. The van der Waals surface area contributed by atoms with Gasteiger partial charge in [-0.1, -0.05) is 41.1 Å². The van der Waals surface area contributed by atoms with Crippen LogP contribution in [0.4, 0.5) is 0 Å². The van der Waals surface area contributed by atoms with Crippen molar-refractivity contribution in [3.63, 3.8) is 0 Å². The van der Waals surface area contributed by atoms with Gasteiger partial charge in [-0.15, -0.1) is 0 Å². The molecule has 1 aromatic rings. The van der Waals surface area contributed by atoms with E-state index >= 15 is 0 Å². The van der Waals surface area contributed by atoms with E-state index in [0.29, 0.717) is 23.0 Å². The Balaban J connectivity index is 1.55. The van der Waals surface area contributed by atoms with Gasteiger partial charge in [0.2, 0.25) is 0 Å². The Hall–Kier alpha value is -0.870. The molecule has 0 N–H and O–H groups in total. The molecule has 4 heteroatoms. The second-order valence-electron chi connectivity index (χ2n) is 6.24. The molecule has 3 aliphatic rings. The monoisotopic (exact) mass is 351 g/mol. The molecule has 114 valence electrons. The van der Waals surface area contributed by atoms with Crippen molar-refractivity contribution in [2.45, 2.75) is 30.6 Å². The molecule has 4 rings (SSSR count). The lowest BCUT2D eigenvalue weighted by Gasteiger charge is -2.50. The largest absolute Gasteiger partial charge is 0.460 e. The van der Waals surface area contributed by atoms with E-state index in [-0.39, 0.29) is 5.97 Å². The quantitative estimate of drug-likeness (QED) is 0.615. The molecule has 0 aromatic heterocycles. The number of fused-ring (bicyclic) bond motifs is 3. The van der Waals surface area contributed by atoms with Gasteiger partial charge >= 0.3 is 5.97 Å². The Bertz CT molecular complexity index is 491. The van der Waals surface area contributed by atoms with Crippen LogP contribution < -0.4 is 0 Å². The van der Waals surface area contributed by atoms with Crippen LogP contribution in [0.1, 0.15) is 30.1 Å². The second kappa shape index (κ2) is 6.49. The summed E-state index contributed by atoms with van der Waals surface area (Å²) in [5, 5.41) is 0. The normalized spacial score (nSPS) is 32.7. The summed E-state index contributed by atoms with van der Waals surface area (Å²) in [7, 11) is 0. The van der Waals surface area contributed by atoms with Crippen LogP contribution >= 0.6 is 15.9 Å². The highest BCUT2D eigenvalue weighted by atomic mass is 79.9. The molecule has 21 heavy (non-hydrogen) atoms. The Labute approximate surface area is 134 Å². The number of carbonyl (C=O) groups is 1. The van der Waals surface area contributed by atoms with Crippen molar-refractivity contribution in [1.82, 2.24) is 4.90 Å². The maximum absolute atomic E-state index is 12.0. The van der Waals surface area contributed by atoms with Crippen LogP contribution in [0.2, 0.25) is 0 Å². The van der Waals surface area contributed by atoms with Gasteiger partial charge in [0, 0.05) is 17.4 Å². The molecule has 3 aliphatic heterocycles.